The number of hydrogen-bond donors (Lipinski definition) is 2. The van der Waals surface area contributed by atoms with Crippen molar-refractivity contribution in [2.24, 2.45) is 5.73 Å². The van der Waals surface area contributed by atoms with Gasteiger partial charge in [0.1, 0.15) is 0 Å². The molecule has 0 radical (unpaired) electrons. The van der Waals surface area contributed by atoms with Gasteiger partial charge in [-0.1, -0.05) is 26.7 Å². The second-order valence-corrected chi connectivity index (χ2v) is 4.45. The molecule has 0 saturated heterocycles. The minimum Gasteiger partial charge on any atom is -0.489 e. The lowest BCUT2D eigenvalue weighted by Gasteiger charge is -2.11. The van der Waals surface area contributed by atoms with Gasteiger partial charge < -0.3 is 15.2 Å². The molecule has 1 rings (SSSR count). The molecule has 1 aromatic rings. The Bertz CT molecular complexity index is 383. The number of rotatable bonds is 9. The summed E-state index contributed by atoms with van der Waals surface area (Å²) in [5.74, 6) is 1.21. The van der Waals surface area contributed by atoms with Crippen LogP contribution in [0.15, 0.2) is 12.3 Å². The summed E-state index contributed by atoms with van der Waals surface area (Å²) in [5, 5.41) is 9.75. The second-order valence-electron chi connectivity index (χ2n) is 4.45. The molecule has 3 N–H and O–H groups in total. The molecule has 0 aliphatic heterocycles. The van der Waals surface area contributed by atoms with Crippen molar-refractivity contribution >= 4 is 0 Å². The normalized spacial score (nSPS) is 10.5. The van der Waals surface area contributed by atoms with Crippen LogP contribution in [0.2, 0.25) is 0 Å². The molecule has 0 spiro atoms. The zero-order chi connectivity index (χ0) is 14.1. The molecule has 1 aromatic heterocycles. The van der Waals surface area contributed by atoms with Gasteiger partial charge in [-0.3, -0.25) is 5.21 Å². The molecular weight excluding hydrogens is 244 g/mol. The third-order valence-electron chi connectivity index (χ3n) is 2.79. The highest BCUT2D eigenvalue weighted by Crippen LogP contribution is 2.26. The van der Waals surface area contributed by atoms with Crippen molar-refractivity contribution in [2.45, 2.75) is 46.1 Å². The Hall–Kier alpha value is -1.49. The standard InChI is InChI=1S/C14H25N2O3/c1-3-5-7-18-13-9-12(10-15)16(17)11-14(13)19-8-6-4-2/h9,11,17H,3-8,10,15H2,1-2H3/q+1. The Morgan fingerprint density at radius 2 is 1.68 bits per heavy atom. The van der Waals surface area contributed by atoms with Gasteiger partial charge in [0.2, 0.25) is 5.75 Å². The predicted molar refractivity (Wildman–Crippen MR) is 72.5 cm³/mol. The van der Waals surface area contributed by atoms with Gasteiger partial charge in [0.15, 0.2) is 5.75 Å². The average Bonchev–Trinajstić information content (AvgIpc) is 2.41. The van der Waals surface area contributed by atoms with Crippen LogP contribution in [-0.2, 0) is 6.54 Å². The van der Waals surface area contributed by atoms with Crippen LogP contribution in [0.25, 0.3) is 0 Å². The van der Waals surface area contributed by atoms with E-state index >= 15 is 0 Å². The second kappa shape index (κ2) is 8.58. The summed E-state index contributed by atoms with van der Waals surface area (Å²) >= 11 is 0. The van der Waals surface area contributed by atoms with E-state index in [-0.39, 0.29) is 6.54 Å². The Labute approximate surface area is 114 Å². The fraction of sp³-hybridized carbons (Fsp3) is 0.643. The van der Waals surface area contributed by atoms with Crippen molar-refractivity contribution in [1.82, 2.24) is 0 Å². The van der Waals surface area contributed by atoms with Crippen molar-refractivity contribution < 1.29 is 19.4 Å². The van der Waals surface area contributed by atoms with Crippen LogP contribution >= 0.6 is 0 Å². The molecular formula is C14H25N2O3+. The van der Waals surface area contributed by atoms with Crippen LogP contribution in [0.4, 0.5) is 0 Å². The lowest BCUT2D eigenvalue weighted by atomic mass is 10.3. The first kappa shape index (κ1) is 15.6. The average molecular weight is 269 g/mol. The smallest absolute Gasteiger partial charge is 0.268 e. The summed E-state index contributed by atoms with van der Waals surface area (Å²) in [6, 6.07) is 1.73. The Morgan fingerprint density at radius 1 is 1.11 bits per heavy atom. The number of hydrogen-bond acceptors (Lipinski definition) is 4. The lowest BCUT2D eigenvalue weighted by Crippen LogP contribution is -2.36. The number of pyridine rings is 1. The molecule has 5 nitrogen and oxygen atoms in total. The topological polar surface area (TPSA) is 68.6 Å². The summed E-state index contributed by atoms with van der Waals surface area (Å²) < 4.78 is 12.3. The minimum atomic E-state index is 0.246. The van der Waals surface area contributed by atoms with Gasteiger partial charge in [-0.15, -0.1) is 0 Å². The Morgan fingerprint density at radius 3 is 2.21 bits per heavy atom. The van der Waals surface area contributed by atoms with Crippen LogP contribution in [0, 0.1) is 0 Å². The zero-order valence-electron chi connectivity index (χ0n) is 11.9. The van der Waals surface area contributed by atoms with Crippen LogP contribution in [-0.4, -0.2) is 18.4 Å². The van der Waals surface area contributed by atoms with Crippen LogP contribution in [0.3, 0.4) is 0 Å². The maximum atomic E-state index is 9.75. The summed E-state index contributed by atoms with van der Waals surface area (Å²) in [6.45, 7) is 5.71. The molecule has 19 heavy (non-hydrogen) atoms. The van der Waals surface area contributed by atoms with Gasteiger partial charge in [-0.2, -0.15) is 0 Å². The van der Waals surface area contributed by atoms with E-state index in [1.807, 2.05) is 0 Å². The first-order valence-electron chi connectivity index (χ1n) is 6.96. The molecule has 108 valence electrons. The molecule has 1 heterocycles. The van der Waals surface area contributed by atoms with E-state index in [2.05, 4.69) is 13.8 Å². The van der Waals surface area contributed by atoms with Gasteiger partial charge in [-0.25, -0.2) is 0 Å². The number of nitrogens with zero attached hydrogens (tertiary/aromatic N) is 1. The van der Waals surface area contributed by atoms with E-state index in [9.17, 15) is 5.21 Å². The molecule has 0 atom stereocenters. The Balaban J connectivity index is 2.81. The molecule has 0 fully saturated rings. The fourth-order valence-corrected chi connectivity index (χ4v) is 1.57. The number of nitrogens with two attached hydrogens (primary N) is 1. The van der Waals surface area contributed by atoms with Gasteiger partial charge in [0, 0.05) is 4.73 Å². The SMILES string of the molecule is CCCCOc1cc(CN)[n+](O)cc1OCCCC. The number of aromatic nitrogens is 1. The summed E-state index contributed by atoms with van der Waals surface area (Å²) in [5.41, 5.74) is 6.16. The molecule has 0 unspecified atom stereocenters. The maximum absolute atomic E-state index is 9.75. The first-order valence-corrected chi connectivity index (χ1v) is 6.96. The van der Waals surface area contributed by atoms with E-state index in [4.69, 9.17) is 15.2 Å². The highest BCUT2D eigenvalue weighted by Gasteiger charge is 2.18. The highest BCUT2D eigenvalue weighted by atomic mass is 16.5. The van der Waals surface area contributed by atoms with Crippen molar-refractivity contribution in [3.05, 3.63) is 18.0 Å². The number of ether oxygens (including phenoxy) is 2. The van der Waals surface area contributed by atoms with Crippen molar-refractivity contribution in [1.29, 1.82) is 0 Å². The van der Waals surface area contributed by atoms with Crippen LogP contribution in [0.5, 0.6) is 11.5 Å². The van der Waals surface area contributed by atoms with E-state index < -0.39 is 0 Å². The maximum Gasteiger partial charge on any atom is 0.268 e. The molecule has 0 amide bonds. The van der Waals surface area contributed by atoms with E-state index in [0.717, 1.165) is 30.4 Å². The van der Waals surface area contributed by atoms with E-state index in [0.29, 0.717) is 30.4 Å². The van der Waals surface area contributed by atoms with Gasteiger partial charge >= 0.3 is 0 Å². The van der Waals surface area contributed by atoms with Crippen molar-refractivity contribution in [3.63, 3.8) is 0 Å². The van der Waals surface area contributed by atoms with Crippen LogP contribution in [0.1, 0.15) is 45.2 Å². The van der Waals surface area contributed by atoms with E-state index in [1.54, 1.807) is 6.07 Å². The fourth-order valence-electron chi connectivity index (χ4n) is 1.57. The van der Waals surface area contributed by atoms with Gasteiger partial charge in [0.25, 0.3) is 11.9 Å². The van der Waals surface area contributed by atoms with Crippen molar-refractivity contribution in [2.75, 3.05) is 13.2 Å². The predicted octanol–water partition coefficient (Wildman–Crippen LogP) is 2.03. The summed E-state index contributed by atoms with van der Waals surface area (Å²) in [6.07, 6.45) is 5.60. The van der Waals surface area contributed by atoms with E-state index in [1.165, 1.54) is 6.20 Å². The molecule has 0 aromatic carbocycles. The third-order valence-corrected chi connectivity index (χ3v) is 2.79. The first-order chi connectivity index (χ1) is 9.22. The zero-order valence-corrected chi connectivity index (χ0v) is 11.9. The molecule has 0 saturated carbocycles. The van der Waals surface area contributed by atoms with Crippen molar-refractivity contribution in [3.8, 4) is 11.5 Å². The lowest BCUT2D eigenvalue weighted by molar-refractivity contribution is -0.909. The Kier molecular flexibility index (Phi) is 7.03. The summed E-state index contributed by atoms with van der Waals surface area (Å²) in [7, 11) is 0. The highest BCUT2D eigenvalue weighted by molar-refractivity contribution is 5.36. The van der Waals surface area contributed by atoms with Crippen LogP contribution < -0.4 is 19.9 Å². The molecule has 0 aliphatic rings. The molecule has 0 bridgehead atoms. The largest absolute Gasteiger partial charge is 0.489 e. The molecule has 5 heteroatoms. The third kappa shape index (κ3) is 4.95. The summed E-state index contributed by atoms with van der Waals surface area (Å²) in [4.78, 5) is 0. The quantitative estimate of drug-likeness (QED) is 0.409. The monoisotopic (exact) mass is 269 g/mol. The van der Waals surface area contributed by atoms with Gasteiger partial charge in [0.05, 0.1) is 25.8 Å². The minimum absolute atomic E-state index is 0.246. The molecule has 0 aliphatic carbocycles. The number of unbranched alkanes of at least 4 members (excludes halogenated alkanes) is 2. The van der Waals surface area contributed by atoms with Gasteiger partial charge in [-0.05, 0) is 12.8 Å².